The van der Waals surface area contributed by atoms with Crippen molar-refractivity contribution in [1.82, 2.24) is 9.19 Å². The molecule has 0 aliphatic heterocycles. The van der Waals surface area contributed by atoms with Crippen molar-refractivity contribution >= 4 is 32.8 Å². The van der Waals surface area contributed by atoms with Crippen LogP contribution in [-0.2, 0) is 10.3 Å². The summed E-state index contributed by atoms with van der Waals surface area (Å²) >= 11 is 5.90. The Labute approximate surface area is 124 Å². The summed E-state index contributed by atoms with van der Waals surface area (Å²) in [5.41, 5.74) is 0.277. The third kappa shape index (κ3) is 2.57. The molecule has 0 bridgehead atoms. The zero-order valence-corrected chi connectivity index (χ0v) is 12.0. The number of para-hydroxylation sites is 1. The van der Waals surface area contributed by atoms with Crippen LogP contribution in [0, 0.1) is 5.82 Å². The molecule has 8 heteroatoms. The molecule has 0 spiro atoms. The Bertz CT molecular complexity index is 924. The Morgan fingerprint density at radius 1 is 1.14 bits per heavy atom. The first-order chi connectivity index (χ1) is 9.97. The van der Waals surface area contributed by atoms with E-state index >= 15 is 0 Å². The van der Waals surface area contributed by atoms with Gasteiger partial charge in [-0.25, -0.2) is 4.39 Å². The van der Waals surface area contributed by atoms with Gasteiger partial charge in [0.15, 0.2) is 5.15 Å². The molecule has 5 nitrogen and oxygen atoms in total. The van der Waals surface area contributed by atoms with Crippen molar-refractivity contribution in [3.63, 3.8) is 0 Å². The monoisotopic (exact) mass is 326 g/mol. The number of hydrogen-bond donors (Lipinski definition) is 0. The van der Waals surface area contributed by atoms with E-state index in [1.807, 2.05) is 0 Å². The van der Waals surface area contributed by atoms with Gasteiger partial charge < -0.3 is 4.18 Å². The molecule has 0 fully saturated rings. The first-order valence-corrected chi connectivity index (χ1v) is 7.55. The molecule has 0 aliphatic rings. The second-order valence-corrected chi connectivity index (χ2v) is 5.88. The highest BCUT2D eigenvalue weighted by Gasteiger charge is 2.22. The van der Waals surface area contributed by atoms with Crippen LogP contribution in [0.4, 0.5) is 4.39 Å². The van der Waals surface area contributed by atoms with Gasteiger partial charge in [-0.3, -0.25) is 0 Å². The maximum Gasteiger partial charge on any atom is 0.429 e. The fourth-order valence-corrected chi connectivity index (χ4v) is 3.13. The van der Waals surface area contributed by atoms with Gasteiger partial charge >= 0.3 is 10.3 Å². The lowest BCUT2D eigenvalue weighted by Gasteiger charge is -2.07. The number of halogens is 2. The van der Waals surface area contributed by atoms with E-state index in [1.165, 1.54) is 18.2 Å². The van der Waals surface area contributed by atoms with Crippen molar-refractivity contribution in [1.29, 1.82) is 0 Å². The van der Waals surface area contributed by atoms with Gasteiger partial charge in [0, 0.05) is 11.5 Å². The van der Waals surface area contributed by atoms with Gasteiger partial charge in [-0.15, -0.1) is 9.19 Å². The molecule has 0 radical (unpaired) electrons. The molecule has 0 unspecified atom stereocenters. The quantitative estimate of drug-likeness (QED) is 0.742. The number of rotatable bonds is 3. The highest BCUT2D eigenvalue weighted by atomic mass is 35.5. The van der Waals surface area contributed by atoms with Gasteiger partial charge in [0.2, 0.25) is 0 Å². The van der Waals surface area contributed by atoms with Gasteiger partial charge in [-0.1, -0.05) is 29.8 Å². The fourth-order valence-electron chi connectivity index (χ4n) is 1.85. The van der Waals surface area contributed by atoms with Crippen LogP contribution in [0.3, 0.4) is 0 Å². The van der Waals surface area contributed by atoms with E-state index in [9.17, 15) is 12.8 Å². The number of nitrogens with zero attached hydrogens (tertiary/aromatic N) is 2. The third-order valence-electron chi connectivity index (χ3n) is 2.72. The van der Waals surface area contributed by atoms with Crippen LogP contribution in [0.15, 0.2) is 48.5 Å². The Hall–Kier alpha value is -2.12. The highest BCUT2D eigenvalue weighted by Crippen LogP contribution is 2.25. The van der Waals surface area contributed by atoms with Crippen LogP contribution in [0.1, 0.15) is 0 Å². The summed E-state index contributed by atoms with van der Waals surface area (Å²) in [5.74, 6) is -0.753. The molecule has 0 saturated heterocycles. The predicted molar refractivity (Wildman–Crippen MR) is 76.1 cm³/mol. The Balaban J connectivity index is 2.09. The first kappa shape index (κ1) is 13.8. The van der Waals surface area contributed by atoms with Crippen LogP contribution in [0.5, 0.6) is 5.75 Å². The Kier molecular flexibility index (Phi) is 3.30. The van der Waals surface area contributed by atoms with Gasteiger partial charge in [0.1, 0.15) is 11.6 Å². The van der Waals surface area contributed by atoms with Crippen LogP contribution in [0.2, 0.25) is 5.15 Å². The van der Waals surface area contributed by atoms with E-state index in [-0.39, 0.29) is 16.4 Å². The summed E-state index contributed by atoms with van der Waals surface area (Å²) in [6, 6.07) is 11.3. The summed E-state index contributed by atoms with van der Waals surface area (Å²) in [7, 11) is -4.28. The summed E-state index contributed by atoms with van der Waals surface area (Å²) in [6.07, 6.45) is 0. The molecule has 0 aliphatic carbocycles. The molecule has 0 saturated carbocycles. The normalized spacial score (nSPS) is 11.7. The molecule has 108 valence electrons. The molecule has 1 aromatic heterocycles. The van der Waals surface area contributed by atoms with Crippen molar-refractivity contribution in [3.05, 3.63) is 59.5 Å². The zero-order valence-electron chi connectivity index (χ0n) is 10.4. The average Bonchev–Trinajstić information content (AvgIpc) is 2.77. The van der Waals surface area contributed by atoms with Crippen molar-refractivity contribution < 1.29 is 17.0 Å². The molecule has 3 aromatic rings. The van der Waals surface area contributed by atoms with Gasteiger partial charge in [-0.05, 0) is 24.3 Å². The molecule has 1 heterocycles. The molecular formula is C13H8ClFN2O3S. The molecule has 2 aromatic carbocycles. The third-order valence-corrected chi connectivity index (χ3v) is 4.10. The number of fused-ring (bicyclic) bond motifs is 1. The topological polar surface area (TPSA) is 61.2 Å². The molecule has 0 atom stereocenters. The highest BCUT2D eigenvalue weighted by molar-refractivity contribution is 7.85. The minimum atomic E-state index is -4.28. The molecular weight excluding hydrogens is 319 g/mol. The Morgan fingerprint density at radius 2 is 1.90 bits per heavy atom. The standard InChI is InChI=1S/C13H8ClFN2O3S/c14-13-11-6-1-2-7-12(11)17(16-13)21(18,19)20-10-5-3-4-9(15)8-10/h1-8H. The summed E-state index contributed by atoms with van der Waals surface area (Å²) in [5, 5.41) is 4.27. The SMILES string of the molecule is O=S(=O)(Oc1cccc(F)c1)n1nc(Cl)c2ccccc21. The number of benzene rings is 2. The summed E-state index contributed by atoms with van der Waals surface area (Å²) in [6.45, 7) is 0. The lowest BCUT2D eigenvalue weighted by atomic mass is 10.3. The van der Waals surface area contributed by atoms with Crippen molar-refractivity contribution in [2.45, 2.75) is 0 Å². The van der Waals surface area contributed by atoms with E-state index in [1.54, 1.807) is 24.3 Å². The molecule has 0 amide bonds. The van der Waals surface area contributed by atoms with Gasteiger partial charge in [0.25, 0.3) is 0 Å². The van der Waals surface area contributed by atoms with Gasteiger partial charge in [0.05, 0.1) is 5.52 Å². The van der Waals surface area contributed by atoms with Crippen LogP contribution >= 0.6 is 11.6 Å². The second kappa shape index (κ2) is 5.01. The van der Waals surface area contributed by atoms with E-state index in [0.29, 0.717) is 9.47 Å². The summed E-state index contributed by atoms with van der Waals surface area (Å²) in [4.78, 5) is 0. The minimum absolute atomic E-state index is 0.0389. The van der Waals surface area contributed by atoms with E-state index in [2.05, 4.69) is 5.10 Å². The molecule has 0 N–H and O–H groups in total. The lowest BCUT2D eigenvalue weighted by Crippen LogP contribution is -2.20. The van der Waals surface area contributed by atoms with Gasteiger partial charge in [-0.2, -0.15) is 8.42 Å². The first-order valence-electron chi connectivity index (χ1n) is 5.81. The van der Waals surface area contributed by atoms with Crippen LogP contribution < -0.4 is 4.18 Å². The van der Waals surface area contributed by atoms with Crippen LogP contribution in [0.25, 0.3) is 10.9 Å². The maximum atomic E-state index is 13.1. The van der Waals surface area contributed by atoms with Crippen molar-refractivity contribution in [2.24, 2.45) is 0 Å². The minimum Gasteiger partial charge on any atom is -0.365 e. The summed E-state index contributed by atoms with van der Waals surface area (Å²) < 4.78 is 43.1. The average molecular weight is 327 g/mol. The second-order valence-electron chi connectivity index (χ2n) is 4.15. The number of aromatic nitrogens is 2. The smallest absolute Gasteiger partial charge is 0.365 e. The largest absolute Gasteiger partial charge is 0.429 e. The lowest BCUT2D eigenvalue weighted by molar-refractivity contribution is 0.469. The van der Waals surface area contributed by atoms with E-state index in [4.69, 9.17) is 15.8 Å². The molecule has 3 rings (SSSR count). The van der Waals surface area contributed by atoms with E-state index in [0.717, 1.165) is 6.07 Å². The zero-order chi connectivity index (χ0) is 15.0. The van der Waals surface area contributed by atoms with Crippen LogP contribution in [-0.4, -0.2) is 17.6 Å². The van der Waals surface area contributed by atoms with Crippen molar-refractivity contribution in [2.75, 3.05) is 0 Å². The maximum absolute atomic E-state index is 13.1. The van der Waals surface area contributed by atoms with Crippen molar-refractivity contribution in [3.8, 4) is 5.75 Å². The molecule has 21 heavy (non-hydrogen) atoms. The number of hydrogen-bond acceptors (Lipinski definition) is 4. The van der Waals surface area contributed by atoms with E-state index < -0.39 is 16.1 Å². The fraction of sp³-hybridized carbons (Fsp3) is 0. The predicted octanol–water partition coefficient (Wildman–Crippen LogP) is 3.00. The Morgan fingerprint density at radius 3 is 2.67 bits per heavy atom.